The Labute approximate surface area is 183 Å². The van der Waals surface area contributed by atoms with Gasteiger partial charge in [-0.3, -0.25) is 4.79 Å². The van der Waals surface area contributed by atoms with Crippen LogP contribution in [0.25, 0.3) is 0 Å². The lowest BCUT2D eigenvalue weighted by molar-refractivity contribution is -0.116. The summed E-state index contributed by atoms with van der Waals surface area (Å²) < 4.78 is 0. The van der Waals surface area contributed by atoms with Gasteiger partial charge in [-0.25, -0.2) is 0 Å². The summed E-state index contributed by atoms with van der Waals surface area (Å²) in [6.45, 7) is 0. The van der Waals surface area contributed by atoms with Gasteiger partial charge in [0.2, 0.25) is 0 Å². The number of hydrogen-bond donors (Lipinski definition) is 2. The maximum Gasteiger partial charge on any atom is 0.163 e. The van der Waals surface area contributed by atoms with E-state index in [-0.39, 0.29) is 17.7 Å². The van der Waals surface area contributed by atoms with Gasteiger partial charge in [0, 0.05) is 28.5 Å². The van der Waals surface area contributed by atoms with Crippen molar-refractivity contribution in [3.05, 3.63) is 91.7 Å². The van der Waals surface area contributed by atoms with E-state index in [1.165, 1.54) is 4.88 Å². The molecular formula is C23H18Cl2N2OS. The molecule has 6 heteroatoms. The Kier molecular flexibility index (Phi) is 4.86. The number of carbonyl (C=O) groups excluding carboxylic acids is 1. The van der Waals surface area contributed by atoms with E-state index in [1.54, 1.807) is 17.4 Å². The van der Waals surface area contributed by atoms with Crippen LogP contribution in [0.4, 0.5) is 11.4 Å². The van der Waals surface area contributed by atoms with Crippen molar-refractivity contribution in [2.75, 3.05) is 10.6 Å². The molecule has 0 spiro atoms. The number of allylic oxidation sites excluding steroid dienone is 1. The minimum Gasteiger partial charge on any atom is -0.372 e. The number of para-hydroxylation sites is 2. The summed E-state index contributed by atoms with van der Waals surface area (Å²) >= 11 is 14.1. The first-order chi connectivity index (χ1) is 14.1. The fourth-order valence-corrected chi connectivity index (χ4v) is 5.30. The first-order valence-electron chi connectivity index (χ1n) is 9.47. The Bertz CT molecular complexity index is 1120. The molecule has 2 N–H and O–H groups in total. The standard InChI is InChI=1S/C23H18Cl2N2OS/c24-15-8-7-13(10-16(15)25)23-22-19(26-17-4-1-2-5-18(17)27-23)11-14(12-20(22)28)21-6-3-9-29-21/h1-10,14,23,26-27H,11-12H2. The van der Waals surface area contributed by atoms with Gasteiger partial charge in [0.15, 0.2) is 5.78 Å². The molecule has 0 bridgehead atoms. The number of Topliss-reactive ketones (excluding diaryl/α,β-unsaturated/α-hetero) is 1. The second-order valence-corrected chi connectivity index (χ2v) is 9.15. The van der Waals surface area contributed by atoms with Crippen molar-refractivity contribution >= 4 is 51.7 Å². The number of halogens is 2. The van der Waals surface area contributed by atoms with Crippen LogP contribution < -0.4 is 10.6 Å². The third-order valence-electron chi connectivity index (χ3n) is 5.53. The van der Waals surface area contributed by atoms with Gasteiger partial charge in [-0.2, -0.15) is 0 Å². The monoisotopic (exact) mass is 440 g/mol. The molecule has 2 unspecified atom stereocenters. The van der Waals surface area contributed by atoms with E-state index >= 15 is 0 Å². The van der Waals surface area contributed by atoms with Crippen LogP contribution >= 0.6 is 34.5 Å². The van der Waals surface area contributed by atoms with Crippen LogP contribution in [0.5, 0.6) is 0 Å². The topological polar surface area (TPSA) is 41.1 Å². The molecule has 3 nitrogen and oxygen atoms in total. The second-order valence-electron chi connectivity index (χ2n) is 7.36. The van der Waals surface area contributed by atoms with Crippen molar-refractivity contribution in [2.24, 2.45) is 0 Å². The Morgan fingerprint density at radius 2 is 1.76 bits per heavy atom. The summed E-state index contributed by atoms with van der Waals surface area (Å²) in [5, 5.41) is 10.2. The second kappa shape index (κ2) is 7.52. The molecule has 3 aromatic rings. The average Bonchev–Trinajstić information content (AvgIpc) is 3.19. The normalized spacial score (nSPS) is 21.0. The molecular weight excluding hydrogens is 423 g/mol. The van der Waals surface area contributed by atoms with E-state index in [4.69, 9.17) is 23.2 Å². The lowest BCUT2D eigenvalue weighted by atomic mass is 9.81. The zero-order chi connectivity index (χ0) is 20.0. The Balaban J connectivity index is 1.64. The molecule has 29 heavy (non-hydrogen) atoms. The third-order valence-corrected chi connectivity index (χ3v) is 7.31. The summed E-state index contributed by atoms with van der Waals surface area (Å²) in [7, 11) is 0. The van der Waals surface area contributed by atoms with E-state index < -0.39 is 0 Å². The molecule has 2 heterocycles. The van der Waals surface area contributed by atoms with Crippen LogP contribution in [0.2, 0.25) is 10.0 Å². The first kappa shape index (κ1) is 18.7. The average molecular weight is 441 g/mol. The maximum absolute atomic E-state index is 13.4. The lowest BCUT2D eigenvalue weighted by Crippen LogP contribution is -2.26. The molecule has 0 fully saturated rings. The largest absolute Gasteiger partial charge is 0.372 e. The van der Waals surface area contributed by atoms with E-state index in [9.17, 15) is 4.79 Å². The predicted molar refractivity (Wildman–Crippen MR) is 121 cm³/mol. The van der Waals surface area contributed by atoms with E-state index in [2.05, 4.69) is 22.1 Å². The minimum absolute atomic E-state index is 0.161. The summed E-state index contributed by atoms with van der Waals surface area (Å²) in [5.41, 5.74) is 4.62. The fourth-order valence-electron chi connectivity index (χ4n) is 4.16. The van der Waals surface area contributed by atoms with Crippen molar-refractivity contribution in [3.8, 4) is 0 Å². The summed E-state index contributed by atoms with van der Waals surface area (Å²) in [6, 6.07) is 17.5. The van der Waals surface area contributed by atoms with Crippen LogP contribution in [-0.4, -0.2) is 5.78 Å². The highest BCUT2D eigenvalue weighted by Crippen LogP contribution is 2.45. The number of hydrogen-bond acceptors (Lipinski definition) is 4. The molecule has 0 amide bonds. The number of rotatable bonds is 2. The predicted octanol–water partition coefficient (Wildman–Crippen LogP) is 7.03. The molecule has 2 aliphatic rings. The lowest BCUT2D eigenvalue weighted by Gasteiger charge is -2.29. The molecule has 0 radical (unpaired) electrons. The molecule has 0 saturated heterocycles. The number of fused-ring (bicyclic) bond motifs is 1. The molecule has 146 valence electrons. The Hall–Kier alpha value is -2.27. The highest BCUT2D eigenvalue weighted by atomic mass is 35.5. The molecule has 2 aromatic carbocycles. The number of thiophene rings is 1. The van der Waals surface area contributed by atoms with Crippen molar-refractivity contribution in [2.45, 2.75) is 24.8 Å². The molecule has 2 atom stereocenters. The zero-order valence-corrected chi connectivity index (χ0v) is 17.7. The van der Waals surface area contributed by atoms with Crippen molar-refractivity contribution in [1.82, 2.24) is 0 Å². The zero-order valence-electron chi connectivity index (χ0n) is 15.4. The van der Waals surface area contributed by atoms with Gasteiger partial charge in [0.05, 0.1) is 27.5 Å². The molecule has 0 saturated carbocycles. The maximum atomic E-state index is 13.4. The SMILES string of the molecule is O=C1CC(c2cccs2)CC2=C1C(c1ccc(Cl)c(Cl)c1)Nc1ccccc1N2. The summed E-state index contributed by atoms with van der Waals surface area (Å²) in [4.78, 5) is 14.6. The Morgan fingerprint density at radius 3 is 2.52 bits per heavy atom. The van der Waals surface area contributed by atoms with Gasteiger partial charge in [-0.05, 0) is 47.7 Å². The highest BCUT2D eigenvalue weighted by molar-refractivity contribution is 7.10. The van der Waals surface area contributed by atoms with Crippen LogP contribution in [0.1, 0.15) is 35.2 Å². The molecule has 1 aliphatic heterocycles. The van der Waals surface area contributed by atoms with Crippen molar-refractivity contribution in [1.29, 1.82) is 0 Å². The molecule has 1 aromatic heterocycles. The van der Waals surface area contributed by atoms with Crippen LogP contribution in [0.15, 0.2) is 71.2 Å². The number of benzene rings is 2. The van der Waals surface area contributed by atoms with Crippen LogP contribution in [0.3, 0.4) is 0 Å². The quantitative estimate of drug-likeness (QED) is 0.448. The minimum atomic E-state index is -0.285. The molecule has 1 aliphatic carbocycles. The van der Waals surface area contributed by atoms with Crippen LogP contribution in [0, 0.1) is 0 Å². The van der Waals surface area contributed by atoms with E-state index in [0.29, 0.717) is 16.5 Å². The number of ketones is 1. The van der Waals surface area contributed by atoms with Crippen LogP contribution in [-0.2, 0) is 4.79 Å². The number of nitrogens with one attached hydrogen (secondary N) is 2. The first-order valence-corrected chi connectivity index (χ1v) is 11.1. The van der Waals surface area contributed by atoms with Gasteiger partial charge in [-0.15, -0.1) is 11.3 Å². The van der Waals surface area contributed by atoms with Crippen molar-refractivity contribution < 1.29 is 4.79 Å². The Morgan fingerprint density at radius 1 is 0.931 bits per heavy atom. The van der Waals surface area contributed by atoms with Gasteiger partial charge < -0.3 is 10.6 Å². The number of anilines is 2. The molecule has 5 rings (SSSR count). The van der Waals surface area contributed by atoms with E-state index in [1.807, 2.05) is 42.5 Å². The van der Waals surface area contributed by atoms with Gasteiger partial charge in [0.1, 0.15) is 0 Å². The summed E-state index contributed by atoms with van der Waals surface area (Å²) in [5.74, 6) is 0.363. The third kappa shape index (κ3) is 3.46. The summed E-state index contributed by atoms with van der Waals surface area (Å²) in [6.07, 6.45) is 1.31. The number of carbonyl (C=O) groups is 1. The van der Waals surface area contributed by atoms with Gasteiger partial charge in [0.25, 0.3) is 0 Å². The van der Waals surface area contributed by atoms with Crippen molar-refractivity contribution in [3.63, 3.8) is 0 Å². The van der Waals surface area contributed by atoms with Gasteiger partial charge >= 0.3 is 0 Å². The highest BCUT2D eigenvalue weighted by Gasteiger charge is 2.36. The van der Waals surface area contributed by atoms with Gasteiger partial charge in [-0.1, -0.05) is 47.5 Å². The fraction of sp³-hybridized carbons (Fsp3) is 0.174. The smallest absolute Gasteiger partial charge is 0.163 e. The van der Waals surface area contributed by atoms with E-state index in [0.717, 1.165) is 34.6 Å².